The van der Waals surface area contributed by atoms with E-state index in [0.717, 1.165) is 63.5 Å². The first-order chi connectivity index (χ1) is 13.7. The van der Waals surface area contributed by atoms with Crippen LogP contribution < -0.4 is 0 Å². The molecule has 148 valence electrons. The number of hydrogen-bond donors (Lipinski definition) is 0. The highest BCUT2D eigenvalue weighted by atomic mass is 16.5. The van der Waals surface area contributed by atoms with Crippen molar-refractivity contribution >= 4 is 5.91 Å². The summed E-state index contributed by atoms with van der Waals surface area (Å²) in [5.74, 6) is 0.218. The molecule has 4 rings (SSSR count). The van der Waals surface area contributed by atoms with Gasteiger partial charge < -0.3 is 9.64 Å². The second-order valence-electron chi connectivity index (χ2n) is 7.85. The number of benzene rings is 1. The minimum absolute atomic E-state index is 0.103. The lowest BCUT2D eigenvalue weighted by Gasteiger charge is -2.30. The van der Waals surface area contributed by atoms with Gasteiger partial charge in [-0.25, -0.2) is 0 Å². The van der Waals surface area contributed by atoms with E-state index in [1.165, 1.54) is 11.1 Å². The van der Waals surface area contributed by atoms with Gasteiger partial charge in [0.15, 0.2) is 0 Å². The van der Waals surface area contributed by atoms with E-state index in [1.807, 2.05) is 4.90 Å². The number of hydrogen-bond acceptors (Lipinski definition) is 4. The number of likely N-dealkylation sites (tertiary alicyclic amines) is 1. The molecule has 1 amide bonds. The average Bonchev–Trinajstić information content (AvgIpc) is 3.21. The highest BCUT2D eigenvalue weighted by Crippen LogP contribution is 2.31. The fourth-order valence-corrected chi connectivity index (χ4v) is 4.11. The van der Waals surface area contributed by atoms with Crippen molar-refractivity contribution in [3.05, 3.63) is 65.0 Å². The summed E-state index contributed by atoms with van der Waals surface area (Å²) in [6, 6.07) is 14.9. The zero-order valence-corrected chi connectivity index (χ0v) is 16.6. The molecular weight excluding hydrogens is 350 g/mol. The maximum atomic E-state index is 12.9. The highest BCUT2D eigenvalue weighted by molar-refractivity contribution is 5.79. The molecule has 28 heavy (non-hydrogen) atoms. The van der Waals surface area contributed by atoms with E-state index in [-0.39, 0.29) is 11.9 Å². The Morgan fingerprint density at radius 2 is 1.89 bits per heavy atom. The van der Waals surface area contributed by atoms with Crippen molar-refractivity contribution in [3.63, 3.8) is 0 Å². The molecule has 1 unspecified atom stereocenters. The topological polar surface area (TPSA) is 45.7 Å². The average molecular weight is 380 g/mol. The van der Waals surface area contributed by atoms with Crippen molar-refractivity contribution in [3.8, 4) is 0 Å². The number of nitrogens with zero attached hydrogens (tertiary/aromatic N) is 3. The molecule has 0 N–H and O–H groups in total. The third-order valence-corrected chi connectivity index (χ3v) is 5.71. The van der Waals surface area contributed by atoms with Crippen molar-refractivity contribution in [2.24, 2.45) is 0 Å². The molecule has 0 bridgehead atoms. The summed E-state index contributed by atoms with van der Waals surface area (Å²) in [7, 11) is 0. The Labute approximate surface area is 167 Å². The van der Waals surface area contributed by atoms with Crippen LogP contribution in [0.15, 0.2) is 42.5 Å². The molecule has 1 atom stereocenters. The Morgan fingerprint density at radius 1 is 1.11 bits per heavy atom. The minimum Gasteiger partial charge on any atom is -0.379 e. The Morgan fingerprint density at radius 3 is 2.68 bits per heavy atom. The monoisotopic (exact) mass is 379 g/mol. The van der Waals surface area contributed by atoms with Crippen molar-refractivity contribution in [1.29, 1.82) is 0 Å². The van der Waals surface area contributed by atoms with Crippen molar-refractivity contribution in [2.75, 3.05) is 39.4 Å². The Bertz CT molecular complexity index is 800. The highest BCUT2D eigenvalue weighted by Gasteiger charge is 2.31. The van der Waals surface area contributed by atoms with Crippen LogP contribution in [0.3, 0.4) is 0 Å². The van der Waals surface area contributed by atoms with E-state index in [4.69, 9.17) is 9.72 Å². The molecular formula is C23H29N3O2. The molecule has 2 fully saturated rings. The molecule has 2 aromatic rings. The zero-order valence-electron chi connectivity index (χ0n) is 16.6. The summed E-state index contributed by atoms with van der Waals surface area (Å²) in [5, 5.41) is 0. The Kier molecular flexibility index (Phi) is 6.03. The Balaban J connectivity index is 1.44. The maximum absolute atomic E-state index is 12.9. The van der Waals surface area contributed by atoms with Crippen LogP contribution in [0, 0.1) is 6.92 Å². The van der Waals surface area contributed by atoms with Gasteiger partial charge in [-0.3, -0.25) is 14.7 Å². The smallest absolute Gasteiger partial charge is 0.237 e. The second kappa shape index (κ2) is 8.84. The van der Waals surface area contributed by atoms with Crippen molar-refractivity contribution in [1.82, 2.24) is 14.8 Å². The van der Waals surface area contributed by atoms with Crippen LogP contribution in [0.4, 0.5) is 0 Å². The van der Waals surface area contributed by atoms with Crippen LogP contribution in [0.1, 0.15) is 41.4 Å². The van der Waals surface area contributed by atoms with Gasteiger partial charge in [0.25, 0.3) is 0 Å². The second-order valence-corrected chi connectivity index (χ2v) is 7.85. The van der Waals surface area contributed by atoms with Gasteiger partial charge >= 0.3 is 0 Å². The number of aromatic nitrogens is 1. The number of pyridine rings is 1. The molecule has 0 spiro atoms. The van der Waals surface area contributed by atoms with Crippen LogP contribution in [0.5, 0.6) is 0 Å². The first-order valence-corrected chi connectivity index (χ1v) is 10.3. The summed E-state index contributed by atoms with van der Waals surface area (Å²) in [5.41, 5.74) is 4.62. The Hall–Kier alpha value is -2.24. The molecule has 5 nitrogen and oxygen atoms in total. The molecule has 2 saturated heterocycles. The SMILES string of the molecule is Cc1ccc(Cc2cccc(C3CCCN3C(=O)CN3CCOCC3)n2)cc1. The van der Waals surface area contributed by atoms with Gasteiger partial charge in [0.2, 0.25) is 5.91 Å². The van der Waals surface area contributed by atoms with Crippen LogP contribution in [-0.4, -0.2) is 60.1 Å². The fraction of sp³-hybridized carbons (Fsp3) is 0.478. The van der Waals surface area contributed by atoms with Gasteiger partial charge in [0.05, 0.1) is 31.5 Å². The summed E-state index contributed by atoms with van der Waals surface area (Å²) < 4.78 is 5.39. The van der Waals surface area contributed by atoms with Gasteiger partial charge in [-0.05, 0) is 37.5 Å². The number of amides is 1. The summed E-state index contributed by atoms with van der Waals surface area (Å²) in [6.45, 7) is 6.55. The lowest BCUT2D eigenvalue weighted by atomic mass is 10.1. The third-order valence-electron chi connectivity index (χ3n) is 5.71. The molecule has 2 aliphatic rings. The molecule has 1 aromatic heterocycles. The van der Waals surface area contributed by atoms with Gasteiger partial charge in [-0.1, -0.05) is 35.9 Å². The standard InChI is InChI=1S/C23H29N3O2/c1-18-7-9-19(10-8-18)16-20-4-2-5-21(24-20)22-6-3-11-26(22)23(27)17-25-12-14-28-15-13-25/h2,4-5,7-10,22H,3,6,11-17H2,1H3. The van der Waals surface area contributed by atoms with E-state index in [2.05, 4.69) is 54.3 Å². The first-order valence-electron chi connectivity index (χ1n) is 10.3. The van der Waals surface area contributed by atoms with Crippen LogP contribution in [0.25, 0.3) is 0 Å². The minimum atomic E-state index is 0.103. The predicted molar refractivity (Wildman–Crippen MR) is 109 cm³/mol. The quantitative estimate of drug-likeness (QED) is 0.801. The number of ether oxygens (including phenoxy) is 1. The van der Waals surface area contributed by atoms with Gasteiger partial charge in [0.1, 0.15) is 0 Å². The molecule has 5 heteroatoms. The molecule has 0 saturated carbocycles. The lowest BCUT2D eigenvalue weighted by molar-refractivity contribution is -0.134. The van der Waals surface area contributed by atoms with Crippen LogP contribution in [0.2, 0.25) is 0 Å². The molecule has 2 aliphatic heterocycles. The lowest BCUT2D eigenvalue weighted by Crippen LogP contribution is -2.44. The summed E-state index contributed by atoms with van der Waals surface area (Å²) in [4.78, 5) is 22.1. The number of carbonyl (C=O) groups excluding carboxylic acids is 1. The van der Waals surface area contributed by atoms with Crippen LogP contribution >= 0.6 is 0 Å². The molecule has 1 aromatic carbocycles. The molecule has 3 heterocycles. The van der Waals surface area contributed by atoms with Gasteiger partial charge in [0, 0.05) is 31.7 Å². The number of rotatable bonds is 5. The normalized spacial score (nSPS) is 20.5. The largest absolute Gasteiger partial charge is 0.379 e. The molecule has 0 aliphatic carbocycles. The first kappa shape index (κ1) is 19.1. The molecule has 0 radical (unpaired) electrons. The van der Waals surface area contributed by atoms with E-state index in [1.54, 1.807) is 0 Å². The van der Waals surface area contributed by atoms with Crippen LogP contribution in [-0.2, 0) is 16.0 Å². The summed E-state index contributed by atoms with van der Waals surface area (Å²) in [6.07, 6.45) is 2.86. The van der Waals surface area contributed by atoms with E-state index < -0.39 is 0 Å². The predicted octanol–water partition coefficient (Wildman–Crippen LogP) is 2.98. The van der Waals surface area contributed by atoms with Gasteiger partial charge in [-0.2, -0.15) is 0 Å². The fourth-order valence-electron chi connectivity index (χ4n) is 4.11. The zero-order chi connectivity index (χ0) is 19.3. The van der Waals surface area contributed by atoms with E-state index in [9.17, 15) is 4.79 Å². The number of morpholine rings is 1. The van der Waals surface area contributed by atoms with Crippen molar-refractivity contribution in [2.45, 2.75) is 32.2 Å². The third kappa shape index (κ3) is 4.59. The maximum Gasteiger partial charge on any atom is 0.237 e. The van der Waals surface area contributed by atoms with Crippen molar-refractivity contribution < 1.29 is 9.53 Å². The van der Waals surface area contributed by atoms with E-state index >= 15 is 0 Å². The summed E-state index contributed by atoms with van der Waals surface area (Å²) >= 11 is 0. The van der Waals surface area contributed by atoms with E-state index in [0.29, 0.717) is 6.54 Å². The number of aryl methyl sites for hydroxylation is 1. The number of carbonyl (C=O) groups is 1. The van der Waals surface area contributed by atoms with Gasteiger partial charge in [-0.15, -0.1) is 0 Å².